The third-order valence-corrected chi connectivity index (χ3v) is 5.59. The molecule has 2 heterocycles. The van der Waals surface area contributed by atoms with Gasteiger partial charge in [0.15, 0.2) is 0 Å². The van der Waals surface area contributed by atoms with Gasteiger partial charge in [-0.25, -0.2) is 0 Å². The highest BCUT2D eigenvalue weighted by molar-refractivity contribution is 4.94. The number of nitrogens with zero attached hydrogens (tertiary/aromatic N) is 2. The second-order valence-electron chi connectivity index (χ2n) is 6.98. The highest BCUT2D eigenvalue weighted by Crippen LogP contribution is 2.34. The van der Waals surface area contributed by atoms with Crippen molar-refractivity contribution in [3.05, 3.63) is 0 Å². The SMILES string of the molecule is CCCNC1CC2CCCC(C1)N2CCCN(CC)CC. The third kappa shape index (κ3) is 4.94. The van der Waals surface area contributed by atoms with Crippen molar-refractivity contribution >= 4 is 0 Å². The first kappa shape index (κ1) is 17.2. The molecular weight excluding hydrogens is 258 g/mol. The molecule has 2 unspecified atom stereocenters. The average Bonchev–Trinajstić information content (AvgIpc) is 2.49. The van der Waals surface area contributed by atoms with Crippen molar-refractivity contribution in [1.82, 2.24) is 15.1 Å². The average molecular weight is 296 g/mol. The monoisotopic (exact) mass is 295 g/mol. The maximum Gasteiger partial charge on any atom is 0.0113 e. The van der Waals surface area contributed by atoms with Crippen LogP contribution in [0.5, 0.6) is 0 Å². The minimum absolute atomic E-state index is 0.791. The summed E-state index contributed by atoms with van der Waals surface area (Å²) in [6.07, 6.45) is 9.73. The second kappa shape index (κ2) is 9.12. The predicted octanol–water partition coefficient (Wildman–Crippen LogP) is 3.10. The summed E-state index contributed by atoms with van der Waals surface area (Å²) >= 11 is 0. The van der Waals surface area contributed by atoms with Crippen molar-refractivity contribution < 1.29 is 0 Å². The first-order valence-electron chi connectivity index (χ1n) is 9.49. The molecule has 2 bridgehead atoms. The molecule has 124 valence electrons. The van der Waals surface area contributed by atoms with E-state index in [9.17, 15) is 0 Å². The van der Waals surface area contributed by atoms with Crippen LogP contribution in [0.25, 0.3) is 0 Å². The molecule has 2 aliphatic rings. The zero-order valence-corrected chi connectivity index (χ0v) is 14.6. The zero-order chi connectivity index (χ0) is 15.1. The summed E-state index contributed by atoms with van der Waals surface area (Å²) in [4.78, 5) is 5.43. The third-order valence-electron chi connectivity index (χ3n) is 5.59. The minimum Gasteiger partial charge on any atom is -0.314 e. The molecule has 2 atom stereocenters. The van der Waals surface area contributed by atoms with E-state index in [-0.39, 0.29) is 0 Å². The van der Waals surface area contributed by atoms with Crippen LogP contribution < -0.4 is 5.32 Å². The van der Waals surface area contributed by atoms with Crippen LogP contribution in [0, 0.1) is 0 Å². The van der Waals surface area contributed by atoms with E-state index in [1.807, 2.05) is 0 Å². The Morgan fingerprint density at radius 1 is 1.05 bits per heavy atom. The lowest BCUT2D eigenvalue weighted by Gasteiger charge is -2.49. The van der Waals surface area contributed by atoms with Crippen molar-refractivity contribution in [3.63, 3.8) is 0 Å². The Bertz CT molecular complexity index is 264. The van der Waals surface area contributed by atoms with E-state index in [1.54, 1.807) is 0 Å². The van der Waals surface area contributed by atoms with E-state index in [1.165, 1.54) is 77.7 Å². The predicted molar refractivity (Wildman–Crippen MR) is 91.9 cm³/mol. The molecule has 1 N–H and O–H groups in total. The molecule has 0 aliphatic carbocycles. The van der Waals surface area contributed by atoms with Gasteiger partial charge < -0.3 is 10.2 Å². The molecule has 2 saturated heterocycles. The van der Waals surface area contributed by atoms with Crippen LogP contribution in [-0.2, 0) is 0 Å². The van der Waals surface area contributed by atoms with Gasteiger partial charge in [0, 0.05) is 18.1 Å². The summed E-state index contributed by atoms with van der Waals surface area (Å²) in [5.41, 5.74) is 0. The molecule has 0 aromatic rings. The Hall–Kier alpha value is -0.120. The Morgan fingerprint density at radius 3 is 2.29 bits per heavy atom. The van der Waals surface area contributed by atoms with Gasteiger partial charge in [-0.1, -0.05) is 27.2 Å². The van der Waals surface area contributed by atoms with Gasteiger partial charge >= 0.3 is 0 Å². The van der Waals surface area contributed by atoms with Gasteiger partial charge in [0.2, 0.25) is 0 Å². The Kier molecular flexibility index (Phi) is 7.48. The first-order valence-corrected chi connectivity index (χ1v) is 9.49. The molecule has 0 spiro atoms. The summed E-state index contributed by atoms with van der Waals surface area (Å²) in [5, 5.41) is 3.78. The molecule has 2 rings (SSSR count). The van der Waals surface area contributed by atoms with Crippen molar-refractivity contribution in [2.45, 2.75) is 83.8 Å². The van der Waals surface area contributed by atoms with Gasteiger partial charge in [0.1, 0.15) is 0 Å². The van der Waals surface area contributed by atoms with E-state index >= 15 is 0 Å². The molecule has 2 fully saturated rings. The largest absolute Gasteiger partial charge is 0.314 e. The standard InChI is InChI=1S/C18H37N3/c1-4-11-19-16-14-17-9-7-10-18(15-16)21(17)13-8-12-20(5-2)6-3/h16-19H,4-15H2,1-3H3. The fourth-order valence-corrected chi connectivity index (χ4v) is 4.38. The minimum atomic E-state index is 0.791. The van der Waals surface area contributed by atoms with Crippen LogP contribution >= 0.6 is 0 Å². The molecular formula is C18H37N3. The van der Waals surface area contributed by atoms with Crippen LogP contribution in [0.3, 0.4) is 0 Å². The smallest absolute Gasteiger partial charge is 0.0113 e. The van der Waals surface area contributed by atoms with Crippen molar-refractivity contribution in [3.8, 4) is 0 Å². The molecule has 0 aromatic carbocycles. The second-order valence-corrected chi connectivity index (χ2v) is 6.98. The van der Waals surface area contributed by atoms with E-state index in [2.05, 4.69) is 35.9 Å². The normalized spacial score (nSPS) is 30.0. The number of hydrogen-bond donors (Lipinski definition) is 1. The molecule has 3 heteroatoms. The number of nitrogens with one attached hydrogen (secondary N) is 1. The van der Waals surface area contributed by atoms with Crippen LogP contribution in [0.1, 0.15) is 65.7 Å². The number of fused-ring (bicyclic) bond motifs is 2. The highest BCUT2D eigenvalue weighted by Gasteiger charge is 2.37. The molecule has 0 radical (unpaired) electrons. The summed E-state index contributed by atoms with van der Waals surface area (Å²) < 4.78 is 0. The first-order chi connectivity index (χ1) is 10.3. The van der Waals surface area contributed by atoms with Gasteiger partial charge in [0.05, 0.1) is 0 Å². The van der Waals surface area contributed by atoms with Gasteiger partial charge in [-0.2, -0.15) is 0 Å². The number of hydrogen-bond acceptors (Lipinski definition) is 3. The van der Waals surface area contributed by atoms with Crippen molar-refractivity contribution in [2.75, 3.05) is 32.7 Å². The fourth-order valence-electron chi connectivity index (χ4n) is 4.38. The topological polar surface area (TPSA) is 18.5 Å². The van der Waals surface area contributed by atoms with E-state index in [4.69, 9.17) is 0 Å². The zero-order valence-electron chi connectivity index (χ0n) is 14.6. The van der Waals surface area contributed by atoms with E-state index in [0.29, 0.717) is 0 Å². The lowest BCUT2D eigenvalue weighted by molar-refractivity contribution is 0.0219. The van der Waals surface area contributed by atoms with Crippen molar-refractivity contribution in [2.24, 2.45) is 0 Å². The van der Waals surface area contributed by atoms with Crippen LogP contribution in [0.2, 0.25) is 0 Å². The van der Waals surface area contributed by atoms with E-state index < -0.39 is 0 Å². The van der Waals surface area contributed by atoms with Gasteiger partial charge in [-0.05, 0) is 71.2 Å². The number of rotatable bonds is 9. The summed E-state index contributed by atoms with van der Waals surface area (Å²) in [6, 6.07) is 2.52. The molecule has 0 amide bonds. The van der Waals surface area contributed by atoms with Crippen molar-refractivity contribution in [1.29, 1.82) is 0 Å². The van der Waals surface area contributed by atoms with Crippen LogP contribution in [-0.4, -0.2) is 60.6 Å². The molecule has 0 aromatic heterocycles. The lowest BCUT2D eigenvalue weighted by atomic mass is 9.81. The fraction of sp³-hybridized carbons (Fsp3) is 1.00. The maximum atomic E-state index is 3.78. The lowest BCUT2D eigenvalue weighted by Crippen LogP contribution is -2.56. The Morgan fingerprint density at radius 2 is 1.71 bits per heavy atom. The van der Waals surface area contributed by atoms with Gasteiger partial charge in [-0.15, -0.1) is 0 Å². The molecule has 2 aliphatic heterocycles. The van der Waals surface area contributed by atoms with Gasteiger partial charge in [0.25, 0.3) is 0 Å². The van der Waals surface area contributed by atoms with Gasteiger partial charge in [-0.3, -0.25) is 4.90 Å². The summed E-state index contributed by atoms with van der Waals surface area (Å²) in [6.45, 7) is 13.0. The molecule has 3 nitrogen and oxygen atoms in total. The van der Waals surface area contributed by atoms with Crippen LogP contribution in [0.4, 0.5) is 0 Å². The quantitative estimate of drug-likeness (QED) is 0.705. The number of piperidine rings is 2. The molecule has 21 heavy (non-hydrogen) atoms. The Balaban J connectivity index is 1.78. The highest BCUT2D eigenvalue weighted by atomic mass is 15.2. The molecule has 0 saturated carbocycles. The van der Waals surface area contributed by atoms with E-state index in [0.717, 1.165) is 18.1 Å². The summed E-state index contributed by atoms with van der Waals surface area (Å²) in [7, 11) is 0. The Labute approximate surface area is 132 Å². The van der Waals surface area contributed by atoms with Crippen LogP contribution in [0.15, 0.2) is 0 Å². The summed E-state index contributed by atoms with van der Waals surface area (Å²) in [5.74, 6) is 0. The maximum absolute atomic E-state index is 3.78.